The van der Waals surface area contributed by atoms with Crippen molar-refractivity contribution in [3.63, 3.8) is 0 Å². The van der Waals surface area contributed by atoms with Crippen molar-refractivity contribution < 1.29 is 20.1 Å². The van der Waals surface area contributed by atoms with Crippen LogP contribution >= 0.6 is 0 Å². The maximum absolute atomic E-state index is 4.57. The van der Waals surface area contributed by atoms with Gasteiger partial charge < -0.3 is 15.0 Å². The molecule has 3 aromatic heterocycles. The minimum absolute atomic E-state index is 0. The molecule has 0 fully saturated rings. The van der Waals surface area contributed by atoms with Crippen LogP contribution < -0.4 is 0 Å². The van der Waals surface area contributed by atoms with Crippen molar-refractivity contribution in [1.82, 2.24) is 15.0 Å². The van der Waals surface area contributed by atoms with E-state index < -0.39 is 0 Å². The van der Waals surface area contributed by atoms with Gasteiger partial charge in [0.2, 0.25) is 0 Å². The number of aryl methyl sites for hydroxylation is 2. The van der Waals surface area contributed by atoms with E-state index in [2.05, 4.69) is 301 Å². The Labute approximate surface area is 477 Å². The Kier molecular flexibility index (Phi) is 19.8. The van der Waals surface area contributed by atoms with Crippen LogP contribution in [-0.4, -0.2) is 15.0 Å². The minimum atomic E-state index is 0. The standard InChI is InChI=1S/C27H31N.2C23H24N.Ir/c1-8-19-13-14-22(26(2,3)4)17-24(19)20-9-11-21(12-10-20)25-18-23(15-16-28-25)27(5,6)7;2*1-5-17-8-6-7-9-21(17)18-10-12-19(13-11-18)22-16-20(14-15-24-22)23(2,3)4;/h8-11,13-18H,1-7H3;2*6-12,14-16H,5H2,1-4H3;/q-2;2*-1;. The molecule has 0 amide bonds. The zero-order chi connectivity index (χ0) is 54.8. The zero-order valence-electron chi connectivity index (χ0n) is 48.4. The predicted octanol–water partition coefficient (Wildman–Crippen LogP) is 19.5. The Morgan fingerprint density at radius 1 is 0.377 bits per heavy atom. The molecule has 0 unspecified atom stereocenters. The van der Waals surface area contributed by atoms with Gasteiger partial charge in [-0.05, 0) is 97.6 Å². The van der Waals surface area contributed by atoms with Crippen LogP contribution in [0.4, 0.5) is 0 Å². The van der Waals surface area contributed by atoms with E-state index in [1.54, 1.807) is 0 Å². The van der Waals surface area contributed by atoms with Gasteiger partial charge in [-0.3, -0.25) is 0 Å². The summed E-state index contributed by atoms with van der Waals surface area (Å²) >= 11 is 0. The molecule has 1 radical (unpaired) electrons. The van der Waals surface area contributed by atoms with E-state index in [1.807, 2.05) is 18.6 Å². The molecule has 0 N–H and O–H groups in total. The molecule has 399 valence electrons. The Morgan fingerprint density at radius 3 is 1.00 bits per heavy atom. The second-order valence-electron chi connectivity index (χ2n) is 23.9. The van der Waals surface area contributed by atoms with Crippen molar-refractivity contribution in [2.45, 2.75) is 138 Å². The van der Waals surface area contributed by atoms with Crippen LogP contribution in [0.1, 0.15) is 143 Å². The summed E-state index contributed by atoms with van der Waals surface area (Å²) in [7, 11) is 0. The van der Waals surface area contributed by atoms with Crippen molar-refractivity contribution in [2.24, 2.45) is 0 Å². The number of pyridine rings is 3. The molecule has 0 aliphatic rings. The van der Waals surface area contributed by atoms with E-state index in [1.165, 1.54) is 72.3 Å². The Balaban J connectivity index is 0.000000187. The van der Waals surface area contributed by atoms with Crippen LogP contribution in [0.5, 0.6) is 0 Å². The molecule has 0 saturated heterocycles. The number of hydrogen-bond donors (Lipinski definition) is 0. The fourth-order valence-corrected chi connectivity index (χ4v) is 9.13. The quantitative estimate of drug-likeness (QED) is 0.135. The van der Waals surface area contributed by atoms with E-state index in [9.17, 15) is 0 Å². The third-order valence-electron chi connectivity index (χ3n) is 14.1. The summed E-state index contributed by atoms with van der Waals surface area (Å²) < 4.78 is 0. The molecule has 3 nitrogen and oxygen atoms in total. The first-order valence-electron chi connectivity index (χ1n) is 27.1. The monoisotopic (exact) mass is 1190 g/mol. The fourth-order valence-electron chi connectivity index (χ4n) is 9.13. The van der Waals surface area contributed by atoms with Gasteiger partial charge >= 0.3 is 0 Å². The first kappa shape index (κ1) is 59.5. The molecule has 3 heterocycles. The first-order valence-corrected chi connectivity index (χ1v) is 27.1. The first-order chi connectivity index (χ1) is 36.1. The molecule has 6 aromatic carbocycles. The minimum Gasteiger partial charge on any atom is -0.305 e. The van der Waals surface area contributed by atoms with E-state index in [0.717, 1.165) is 46.6 Å². The third kappa shape index (κ3) is 15.5. The summed E-state index contributed by atoms with van der Waals surface area (Å²) in [6, 6.07) is 66.2. The Bertz CT molecular complexity index is 3170. The normalized spacial score (nSPS) is 11.6. The summed E-state index contributed by atoms with van der Waals surface area (Å²) in [6.45, 7) is 33.3. The van der Waals surface area contributed by atoms with E-state index in [4.69, 9.17) is 0 Å². The number of nitrogens with zero attached hydrogens (tertiary/aromatic N) is 3. The van der Waals surface area contributed by atoms with Crippen LogP contribution in [0, 0.1) is 24.6 Å². The average Bonchev–Trinajstić information content (AvgIpc) is 3.42. The maximum Gasteiger partial charge on any atom is 0.0163 e. The number of aromatic nitrogens is 3. The van der Waals surface area contributed by atoms with Gasteiger partial charge in [0.1, 0.15) is 0 Å². The predicted molar refractivity (Wildman–Crippen MR) is 324 cm³/mol. The van der Waals surface area contributed by atoms with Crippen LogP contribution in [0.15, 0.2) is 176 Å². The van der Waals surface area contributed by atoms with Gasteiger partial charge in [-0.2, -0.15) is 35.2 Å². The van der Waals surface area contributed by atoms with Gasteiger partial charge in [-0.25, -0.2) is 0 Å². The Hall–Kier alpha value is -6.71. The van der Waals surface area contributed by atoms with Crippen molar-refractivity contribution in [2.75, 3.05) is 0 Å². The van der Waals surface area contributed by atoms with E-state index in [0.29, 0.717) is 0 Å². The molecule has 0 saturated carbocycles. The number of benzene rings is 6. The largest absolute Gasteiger partial charge is 0.305 e. The Morgan fingerprint density at radius 2 is 0.701 bits per heavy atom. The summed E-state index contributed by atoms with van der Waals surface area (Å²) in [5.74, 6) is 0. The van der Waals surface area contributed by atoms with Crippen LogP contribution in [-0.2, 0) is 54.6 Å². The van der Waals surface area contributed by atoms with Crippen LogP contribution in [0.3, 0.4) is 0 Å². The maximum atomic E-state index is 4.57. The molecule has 0 atom stereocenters. The van der Waals surface area contributed by atoms with E-state index in [-0.39, 0.29) is 41.8 Å². The molecular weight excluding hydrogens is 1110 g/mol. The summed E-state index contributed by atoms with van der Waals surface area (Å²) in [4.78, 5) is 13.6. The number of rotatable bonds is 9. The van der Waals surface area contributed by atoms with Crippen molar-refractivity contribution in [1.29, 1.82) is 0 Å². The molecule has 0 bridgehead atoms. The van der Waals surface area contributed by atoms with Gasteiger partial charge in [0.15, 0.2) is 0 Å². The van der Waals surface area contributed by atoms with Crippen LogP contribution in [0.25, 0.3) is 67.2 Å². The molecule has 77 heavy (non-hydrogen) atoms. The van der Waals surface area contributed by atoms with Gasteiger partial charge in [0.25, 0.3) is 0 Å². The average molecular weight is 1190 g/mol. The number of hydrogen-bond acceptors (Lipinski definition) is 3. The summed E-state index contributed by atoms with van der Waals surface area (Å²) in [5, 5.41) is 0. The topological polar surface area (TPSA) is 38.7 Å². The molecule has 9 aromatic rings. The van der Waals surface area contributed by atoms with Crippen LogP contribution in [0.2, 0.25) is 0 Å². The smallest absolute Gasteiger partial charge is 0.0163 e. The molecule has 4 heteroatoms. The van der Waals surface area contributed by atoms with E-state index >= 15 is 0 Å². The van der Waals surface area contributed by atoms with Gasteiger partial charge in [0.05, 0.1) is 0 Å². The second kappa shape index (κ2) is 25.6. The second-order valence-corrected chi connectivity index (χ2v) is 23.9. The zero-order valence-corrected chi connectivity index (χ0v) is 50.8. The van der Waals surface area contributed by atoms with Crippen molar-refractivity contribution in [3.8, 4) is 67.2 Å². The molecule has 0 aliphatic carbocycles. The van der Waals surface area contributed by atoms with Gasteiger partial charge in [-0.1, -0.05) is 198 Å². The fraction of sp³-hybridized carbons (Fsp3) is 0.288. The molecule has 0 spiro atoms. The summed E-state index contributed by atoms with van der Waals surface area (Å²) in [6.07, 6.45) is 9.92. The van der Waals surface area contributed by atoms with Crippen molar-refractivity contribution in [3.05, 3.63) is 240 Å². The summed E-state index contributed by atoms with van der Waals surface area (Å²) in [5.41, 5.74) is 23.2. The molecular formula is C73H79IrN3-4. The molecule has 9 rings (SSSR count). The van der Waals surface area contributed by atoms with Gasteiger partial charge in [-0.15, -0.1) is 95.6 Å². The van der Waals surface area contributed by atoms with Crippen molar-refractivity contribution >= 4 is 0 Å². The van der Waals surface area contributed by atoms with Gasteiger partial charge in [0, 0.05) is 38.7 Å². The molecule has 0 aliphatic heterocycles. The SMILES string of the molecule is CCc1ccccc1-c1c[c-]c(-c2cc(C(C)(C)C)ccn2)cc1.CCc1ccccc1-c1c[c-]c(-c2cc(C(C)(C)C)ccn2)cc1.C[CH-]c1ccc(C(C)(C)C)cc1-c1c[c-]c(-c2cc(C(C)(C)C)ccn2)cc1.[Ir]. The third-order valence-corrected chi connectivity index (χ3v) is 14.1.